The normalized spacial score (nSPS) is 26.3. The summed E-state index contributed by atoms with van der Waals surface area (Å²) in [6.07, 6.45) is -3.36. The minimum absolute atomic E-state index is 0.477. The Bertz CT molecular complexity index is 1030. The molecule has 0 saturated carbocycles. The second kappa shape index (κ2) is 9.20. The third-order valence-corrected chi connectivity index (χ3v) is 6.76. The number of fused-ring (bicyclic) bond motifs is 1. The summed E-state index contributed by atoms with van der Waals surface area (Å²) in [4.78, 5) is 2.01. The quantitative estimate of drug-likeness (QED) is 0.462. The molecule has 8 heteroatoms. The number of rotatable bonds is 6. The summed E-state index contributed by atoms with van der Waals surface area (Å²) < 4.78 is 12.9. The topological polar surface area (TPSA) is 104 Å². The van der Waals surface area contributed by atoms with Gasteiger partial charge in [-0.15, -0.1) is 0 Å². The van der Waals surface area contributed by atoms with E-state index in [-0.39, 0.29) is 0 Å². The van der Waals surface area contributed by atoms with Crippen LogP contribution in [0.5, 0.6) is 5.75 Å². The number of ether oxygens (including phenoxy) is 2. The lowest BCUT2D eigenvalue weighted by atomic mass is 9.98. The fourth-order valence-corrected chi connectivity index (χ4v) is 4.82. The summed E-state index contributed by atoms with van der Waals surface area (Å²) in [5, 5.41) is 41.5. The van der Waals surface area contributed by atoms with Gasteiger partial charge < -0.3 is 34.5 Å². The number of aliphatic hydroxyl groups excluding tert-OH is 4. The van der Waals surface area contributed by atoms with E-state index in [2.05, 4.69) is 31.2 Å². The second-order valence-electron chi connectivity index (χ2n) is 7.60. The van der Waals surface area contributed by atoms with Gasteiger partial charge in [0.25, 0.3) is 0 Å². The standard InChI is InChI=1S/C23H27NO6S/c1-3-13-4-7-15(8-5-13)31-19-11-24(17-10-14(29-2)6-9-16(17)19)23-22(28)21(27)20(26)18(12-25)30-23/h4-11,18,20-23,25-28H,3,12H2,1-2H3/t18-,20-,21+,22-,23-/m1/s1. The molecule has 7 nitrogen and oxygen atoms in total. The van der Waals surface area contributed by atoms with Gasteiger partial charge in [-0.3, -0.25) is 0 Å². The number of aliphatic hydroxyl groups is 4. The lowest BCUT2D eigenvalue weighted by molar-refractivity contribution is -0.250. The molecule has 0 spiro atoms. The van der Waals surface area contributed by atoms with Crippen LogP contribution in [0, 0.1) is 0 Å². The zero-order valence-electron chi connectivity index (χ0n) is 17.4. The predicted octanol–water partition coefficient (Wildman–Crippen LogP) is 2.34. The Morgan fingerprint density at radius 3 is 2.42 bits per heavy atom. The molecule has 0 amide bonds. The predicted molar refractivity (Wildman–Crippen MR) is 117 cm³/mol. The zero-order chi connectivity index (χ0) is 22.1. The third-order valence-electron chi connectivity index (χ3n) is 5.71. The Balaban J connectivity index is 1.77. The number of benzene rings is 2. The molecule has 4 N–H and O–H groups in total. The van der Waals surface area contributed by atoms with Gasteiger partial charge in [-0.05, 0) is 36.2 Å². The highest BCUT2D eigenvalue weighted by atomic mass is 32.2. The molecule has 0 bridgehead atoms. The molecular formula is C23H27NO6S. The lowest BCUT2D eigenvalue weighted by Crippen LogP contribution is -2.56. The molecule has 1 fully saturated rings. The van der Waals surface area contributed by atoms with Crippen molar-refractivity contribution in [3.63, 3.8) is 0 Å². The molecule has 2 aromatic carbocycles. The maximum atomic E-state index is 10.6. The number of aryl methyl sites for hydroxylation is 1. The van der Waals surface area contributed by atoms with E-state index in [9.17, 15) is 20.4 Å². The highest BCUT2D eigenvalue weighted by Gasteiger charge is 2.44. The van der Waals surface area contributed by atoms with E-state index in [0.717, 1.165) is 27.1 Å². The first-order valence-corrected chi connectivity index (χ1v) is 11.0. The van der Waals surface area contributed by atoms with Crippen LogP contribution in [0.4, 0.5) is 0 Å². The van der Waals surface area contributed by atoms with E-state index in [0.29, 0.717) is 5.75 Å². The number of nitrogens with zero attached hydrogens (tertiary/aromatic N) is 1. The van der Waals surface area contributed by atoms with Crippen molar-refractivity contribution in [2.24, 2.45) is 0 Å². The molecule has 0 unspecified atom stereocenters. The van der Waals surface area contributed by atoms with Crippen LogP contribution >= 0.6 is 11.8 Å². The van der Waals surface area contributed by atoms with Crippen molar-refractivity contribution in [1.29, 1.82) is 0 Å². The van der Waals surface area contributed by atoms with Crippen LogP contribution in [0.25, 0.3) is 10.9 Å². The highest BCUT2D eigenvalue weighted by molar-refractivity contribution is 7.99. The average molecular weight is 446 g/mol. The molecule has 1 aliphatic heterocycles. The molecule has 0 aliphatic carbocycles. The number of methoxy groups -OCH3 is 1. The molecule has 1 saturated heterocycles. The van der Waals surface area contributed by atoms with Crippen LogP contribution in [-0.2, 0) is 11.2 Å². The SMILES string of the molecule is CCc1ccc(Sc2cn([C@@H]3O[C@H](CO)[C@@H](O)[C@H](O)[C@H]3O)c3cc(OC)ccc23)cc1. The number of hydrogen-bond acceptors (Lipinski definition) is 7. The minimum atomic E-state index is -1.45. The van der Waals surface area contributed by atoms with Gasteiger partial charge in [-0.2, -0.15) is 0 Å². The van der Waals surface area contributed by atoms with Crippen LogP contribution < -0.4 is 4.74 Å². The monoisotopic (exact) mass is 445 g/mol. The Hall–Kier alpha value is -2.07. The van der Waals surface area contributed by atoms with Gasteiger partial charge in [-0.1, -0.05) is 30.8 Å². The second-order valence-corrected chi connectivity index (χ2v) is 8.72. The molecule has 1 aliphatic rings. The van der Waals surface area contributed by atoms with Gasteiger partial charge in [-0.25, -0.2) is 0 Å². The molecule has 2 heterocycles. The van der Waals surface area contributed by atoms with Crippen molar-refractivity contribution < 1.29 is 29.9 Å². The summed E-state index contributed by atoms with van der Waals surface area (Å²) in [6, 6.07) is 14.0. The van der Waals surface area contributed by atoms with Crippen molar-refractivity contribution in [3.05, 3.63) is 54.2 Å². The molecule has 0 radical (unpaired) electrons. The molecule has 5 atom stereocenters. The van der Waals surface area contributed by atoms with E-state index in [1.165, 1.54) is 5.56 Å². The lowest BCUT2D eigenvalue weighted by Gasteiger charge is -2.40. The number of aromatic nitrogens is 1. The molecular weight excluding hydrogens is 418 g/mol. The van der Waals surface area contributed by atoms with E-state index < -0.39 is 37.3 Å². The van der Waals surface area contributed by atoms with E-state index in [1.807, 2.05) is 24.4 Å². The first-order chi connectivity index (χ1) is 15.0. The fraction of sp³-hybridized carbons (Fsp3) is 0.391. The van der Waals surface area contributed by atoms with Crippen molar-refractivity contribution in [1.82, 2.24) is 4.57 Å². The smallest absolute Gasteiger partial charge is 0.163 e. The Labute approximate surface area is 184 Å². The van der Waals surface area contributed by atoms with Crippen molar-refractivity contribution in [2.75, 3.05) is 13.7 Å². The Morgan fingerprint density at radius 2 is 1.77 bits per heavy atom. The summed E-state index contributed by atoms with van der Waals surface area (Å²) >= 11 is 1.58. The third kappa shape index (κ3) is 4.19. The molecule has 1 aromatic heterocycles. The first kappa shape index (κ1) is 22.1. The van der Waals surface area contributed by atoms with Crippen LogP contribution in [0.2, 0.25) is 0 Å². The Kier molecular flexibility index (Phi) is 6.57. The zero-order valence-corrected chi connectivity index (χ0v) is 18.2. The number of hydrogen-bond donors (Lipinski definition) is 4. The van der Waals surface area contributed by atoms with E-state index >= 15 is 0 Å². The van der Waals surface area contributed by atoms with E-state index in [1.54, 1.807) is 23.4 Å². The van der Waals surface area contributed by atoms with Crippen LogP contribution in [0.15, 0.2) is 58.5 Å². The Morgan fingerprint density at radius 1 is 1.03 bits per heavy atom. The minimum Gasteiger partial charge on any atom is -0.497 e. The van der Waals surface area contributed by atoms with E-state index in [4.69, 9.17) is 9.47 Å². The van der Waals surface area contributed by atoms with Gasteiger partial charge in [0.2, 0.25) is 0 Å². The van der Waals surface area contributed by atoms with Crippen molar-refractivity contribution >= 4 is 22.7 Å². The van der Waals surface area contributed by atoms with Crippen LogP contribution in [0.3, 0.4) is 0 Å². The highest BCUT2D eigenvalue weighted by Crippen LogP contribution is 2.40. The first-order valence-electron chi connectivity index (χ1n) is 10.2. The largest absolute Gasteiger partial charge is 0.497 e. The van der Waals surface area contributed by atoms with Gasteiger partial charge in [0, 0.05) is 27.4 Å². The average Bonchev–Trinajstić information content (AvgIpc) is 3.15. The van der Waals surface area contributed by atoms with Gasteiger partial charge in [0.15, 0.2) is 6.23 Å². The molecule has 3 aromatic rings. The summed E-state index contributed by atoms with van der Waals surface area (Å²) in [6.45, 7) is 1.64. The van der Waals surface area contributed by atoms with Crippen molar-refractivity contribution in [3.8, 4) is 5.75 Å². The molecule has 166 valence electrons. The molecule has 31 heavy (non-hydrogen) atoms. The summed E-state index contributed by atoms with van der Waals surface area (Å²) in [7, 11) is 1.58. The van der Waals surface area contributed by atoms with Crippen LogP contribution in [-0.4, -0.2) is 63.1 Å². The van der Waals surface area contributed by atoms with Crippen LogP contribution in [0.1, 0.15) is 18.7 Å². The van der Waals surface area contributed by atoms with Gasteiger partial charge in [0.1, 0.15) is 30.2 Å². The van der Waals surface area contributed by atoms with Gasteiger partial charge in [0.05, 0.1) is 19.2 Å². The molecule has 4 rings (SSSR count). The summed E-state index contributed by atoms with van der Waals surface area (Å²) in [5.41, 5.74) is 2.01. The van der Waals surface area contributed by atoms with Crippen molar-refractivity contribution in [2.45, 2.75) is 53.8 Å². The summed E-state index contributed by atoms with van der Waals surface area (Å²) in [5.74, 6) is 0.639. The maximum Gasteiger partial charge on any atom is 0.163 e. The fourth-order valence-electron chi connectivity index (χ4n) is 3.85. The van der Waals surface area contributed by atoms with Gasteiger partial charge >= 0.3 is 0 Å². The maximum absolute atomic E-state index is 10.6.